The van der Waals surface area contributed by atoms with Gasteiger partial charge in [-0.05, 0) is 25.1 Å². The summed E-state index contributed by atoms with van der Waals surface area (Å²) in [6.07, 6.45) is 2.72. The molecule has 78 valence electrons. The number of anilines is 1. The van der Waals surface area contributed by atoms with Crippen LogP contribution in [0.2, 0.25) is 0 Å². The fourth-order valence-corrected chi connectivity index (χ4v) is 1.26. The highest BCUT2D eigenvalue weighted by atomic mass is 16.5. The molecule has 1 aromatic rings. The third-order valence-corrected chi connectivity index (χ3v) is 2.03. The Bertz CT molecular complexity index is 278. The van der Waals surface area contributed by atoms with Crippen LogP contribution in [-0.4, -0.2) is 32.2 Å². The zero-order valence-corrected chi connectivity index (χ0v) is 8.73. The van der Waals surface area contributed by atoms with Gasteiger partial charge in [0.15, 0.2) is 11.6 Å². The summed E-state index contributed by atoms with van der Waals surface area (Å²) in [7, 11) is 3.64. The molecule has 14 heavy (non-hydrogen) atoms. The summed E-state index contributed by atoms with van der Waals surface area (Å²) >= 11 is 0. The predicted molar refractivity (Wildman–Crippen MR) is 57.7 cm³/mol. The van der Waals surface area contributed by atoms with Gasteiger partial charge in [0, 0.05) is 19.8 Å². The number of methoxy groups -OCH3 is 1. The first-order chi connectivity index (χ1) is 6.79. The van der Waals surface area contributed by atoms with Crippen molar-refractivity contribution in [2.75, 3.05) is 32.1 Å². The molecule has 0 saturated carbocycles. The number of nitrogens with zero attached hydrogens (tertiary/aromatic N) is 2. The zero-order chi connectivity index (χ0) is 10.4. The van der Waals surface area contributed by atoms with Gasteiger partial charge in [-0.3, -0.25) is 0 Å². The van der Waals surface area contributed by atoms with Gasteiger partial charge >= 0.3 is 0 Å². The molecule has 0 spiro atoms. The maximum Gasteiger partial charge on any atom is 0.171 e. The van der Waals surface area contributed by atoms with Crippen LogP contribution >= 0.6 is 0 Å². The van der Waals surface area contributed by atoms with E-state index in [1.165, 1.54) is 0 Å². The molecule has 0 aromatic carbocycles. The highest BCUT2D eigenvalue weighted by molar-refractivity contribution is 5.51. The summed E-state index contributed by atoms with van der Waals surface area (Å²) in [5.41, 5.74) is 5.45. The first-order valence-electron chi connectivity index (χ1n) is 4.69. The third kappa shape index (κ3) is 2.60. The molecule has 0 saturated heterocycles. The minimum atomic E-state index is 0.694. The smallest absolute Gasteiger partial charge is 0.171 e. The Morgan fingerprint density at radius 2 is 2.36 bits per heavy atom. The van der Waals surface area contributed by atoms with Gasteiger partial charge in [-0.2, -0.15) is 0 Å². The van der Waals surface area contributed by atoms with Crippen molar-refractivity contribution < 1.29 is 4.74 Å². The minimum Gasteiger partial charge on any atom is -0.493 e. The Kier molecular flexibility index (Phi) is 4.19. The van der Waals surface area contributed by atoms with Crippen LogP contribution in [-0.2, 0) is 0 Å². The van der Waals surface area contributed by atoms with Gasteiger partial charge in [0.25, 0.3) is 0 Å². The van der Waals surface area contributed by atoms with E-state index in [1.54, 1.807) is 13.3 Å². The second-order valence-electron chi connectivity index (χ2n) is 3.09. The summed E-state index contributed by atoms with van der Waals surface area (Å²) in [6, 6.07) is 3.76. The Morgan fingerprint density at radius 3 is 3.00 bits per heavy atom. The van der Waals surface area contributed by atoms with Crippen molar-refractivity contribution in [3.8, 4) is 5.75 Å². The van der Waals surface area contributed by atoms with E-state index in [9.17, 15) is 0 Å². The largest absolute Gasteiger partial charge is 0.493 e. The average molecular weight is 195 g/mol. The minimum absolute atomic E-state index is 0.694. The van der Waals surface area contributed by atoms with Crippen LogP contribution in [0.25, 0.3) is 0 Å². The summed E-state index contributed by atoms with van der Waals surface area (Å²) in [4.78, 5) is 6.31. The quantitative estimate of drug-likeness (QED) is 0.757. The molecule has 0 aliphatic rings. The molecule has 0 aliphatic carbocycles. The lowest BCUT2D eigenvalue weighted by Crippen LogP contribution is -2.22. The molecule has 1 rings (SSSR count). The molecule has 0 bridgehead atoms. The third-order valence-electron chi connectivity index (χ3n) is 2.03. The second-order valence-corrected chi connectivity index (χ2v) is 3.09. The van der Waals surface area contributed by atoms with E-state index in [2.05, 4.69) is 4.98 Å². The molecule has 0 amide bonds. The Morgan fingerprint density at radius 1 is 1.57 bits per heavy atom. The fraction of sp³-hybridized carbons (Fsp3) is 0.500. The monoisotopic (exact) mass is 195 g/mol. The number of pyridine rings is 1. The number of rotatable bonds is 5. The lowest BCUT2D eigenvalue weighted by molar-refractivity contribution is 0.413. The van der Waals surface area contributed by atoms with E-state index in [0.29, 0.717) is 6.54 Å². The summed E-state index contributed by atoms with van der Waals surface area (Å²) in [5, 5.41) is 0. The lowest BCUT2D eigenvalue weighted by Gasteiger charge is -2.19. The van der Waals surface area contributed by atoms with Gasteiger partial charge < -0.3 is 15.4 Å². The molecule has 4 heteroatoms. The van der Waals surface area contributed by atoms with Crippen LogP contribution in [0.4, 0.5) is 5.82 Å². The Hall–Kier alpha value is -1.29. The molecule has 2 N–H and O–H groups in total. The second kappa shape index (κ2) is 5.44. The molecular formula is C10H17N3O. The average Bonchev–Trinajstić information content (AvgIpc) is 2.25. The molecule has 0 aliphatic heterocycles. The molecule has 4 nitrogen and oxygen atoms in total. The Labute approximate surface area is 84.7 Å². The summed E-state index contributed by atoms with van der Waals surface area (Å²) in [6.45, 7) is 1.59. The highest BCUT2D eigenvalue weighted by Gasteiger charge is 2.07. The maximum atomic E-state index is 5.45. The number of hydrogen-bond donors (Lipinski definition) is 1. The van der Waals surface area contributed by atoms with E-state index in [0.717, 1.165) is 24.5 Å². The van der Waals surface area contributed by atoms with Crippen LogP contribution < -0.4 is 15.4 Å². The highest BCUT2D eigenvalue weighted by Crippen LogP contribution is 2.23. The van der Waals surface area contributed by atoms with Crippen LogP contribution in [0.5, 0.6) is 5.75 Å². The van der Waals surface area contributed by atoms with Crippen molar-refractivity contribution in [3.63, 3.8) is 0 Å². The van der Waals surface area contributed by atoms with Crippen molar-refractivity contribution in [2.24, 2.45) is 5.73 Å². The van der Waals surface area contributed by atoms with Crippen molar-refractivity contribution >= 4 is 5.82 Å². The number of hydrogen-bond acceptors (Lipinski definition) is 4. The van der Waals surface area contributed by atoms with Crippen molar-refractivity contribution in [1.29, 1.82) is 0 Å². The molecule has 1 heterocycles. The van der Waals surface area contributed by atoms with Gasteiger partial charge in [0.05, 0.1) is 7.11 Å². The zero-order valence-electron chi connectivity index (χ0n) is 8.73. The number of aromatic nitrogens is 1. The van der Waals surface area contributed by atoms with Gasteiger partial charge in [-0.25, -0.2) is 4.98 Å². The van der Waals surface area contributed by atoms with Crippen LogP contribution in [0.15, 0.2) is 18.3 Å². The predicted octanol–water partition coefficient (Wildman–Crippen LogP) is 0.875. The molecule has 0 fully saturated rings. The topological polar surface area (TPSA) is 51.4 Å². The van der Waals surface area contributed by atoms with Gasteiger partial charge in [0.2, 0.25) is 0 Å². The lowest BCUT2D eigenvalue weighted by atomic mass is 10.3. The standard InChI is InChI=1S/C10H17N3O/c1-13(8-4-6-11)10-9(14-2)5-3-7-12-10/h3,5,7H,4,6,8,11H2,1-2H3. The van der Waals surface area contributed by atoms with Crippen LogP contribution in [0.1, 0.15) is 6.42 Å². The first kappa shape index (κ1) is 10.8. The SMILES string of the molecule is COc1cccnc1N(C)CCCN. The van der Waals surface area contributed by atoms with Gasteiger partial charge in [0.1, 0.15) is 0 Å². The van der Waals surface area contributed by atoms with E-state index < -0.39 is 0 Å². The van der Waals surface area contributed by atoms with E-state index in [4.69, 9.17) is 10.5 Å². The first-order valence-corrected chi connectivity index (χ1v) is 4.69. The fourth-order valence-electron chi connectivity index (χ4n) is 1.26. The van der Waals surface area contributed by atoms with Crippen LogP contribution in [0.3, 0.4) is 0 Å². The molecule has 0 radical (unpaired) electrons. The normalized spacial score (nSPS) is 9.93. The Balaban J connectivity index is 2.72. The van der Waals surface area contributed by atoms with Gasteiger partial charge in [-0.15, -0.1) is 0 Å². The molecule has 0 unspecified atom stereocenters. The van der Waals surface area contributed by atoms with Gasteiger partial charge in [-0.1, -0.05) is 0 Å². The van der Waals surface area contributed by atoms with Crippen molar-refractivity contribution in [1.82, 2.24) is 4.98 Å². The van der Waals surface area contributed by atoms with Crippen molar-refractivity contribution in [3.05, 3.63) is 18.3 Å². The molecule has 1 aromatic heterocycles. The molecular weight excluding hydrogens is 178 g/mol. The van der Waals surface area contributed by atoms with E-state index >= 15 is 0 Å². The number of ether oxygens (including phenoxy) is 1. The molecule has 0 atom stereocenters. The maximum absolute atomic E-state index is 5.45. The summed E-state index contributed by atoms with van der Waals surface area (Å²) in [5.74, 6) is 1.66. The number of nitrogens with two attached hydrogens (primary N) is 1. The van der Waals surface area contributed by atoms with Crippen LogP contribution in [0, 0.1) is 0 Å². The van der Waals surface area contributed by atoms with E-state index in [1.807, 2.05) is 24.1 Å². The summed E-state index contributed by atoms with van der Waals surface area (Å²) < 4.78 is 5.21. The van der Waals surface area contributed by atoms with E-state index in [-0.39, 0.29) is 0 Å². The van der Waals surface area contributed by atoms with Crippen molar-refractivity contribution in [2.45, 2.75) is 6.42 Å².